The van der Waals surface area contributed by atoms with Gasteiger partial charge >= 0.3 is 0 Å². The smallest absolute Gasteiger partial charge is 0.210 e. The molecule has 170 valence electrons. The third-order valence-corrected chi connectivity index (χ3v) is 4.47. The lowest BCUT2D eigenvalue weighted by Gasteiger charge is -2.19. The number of halogens is 2. The van der Waals surface area contributed by atoms with Gasteiger partial charge in [-0.1, -0.05) is 24.3 Å². The fourth-order valence-corrected chi connectivity index (χ4v) is 2.94. The number of hydrogen-bond donors (Lipinski definition) is 2. The maximum atomic E-state index is 13.3. The van der Waals surface area contributed by atoms with E-state index in [2.05, 4.69) is 20.6 Å². The summed E-state index contributed by atoms with van der Waals surface area (Å²) in [6, 6.07) is 15.4. The zero-order valence-corrected chi connectivity index (χ0v) is 17.7. The predicted molar refractivity (Wildman–Crippen MR) is 119 cm³/mol. The third-order valence-electron chi connectivity index (χ3n) is 4.47. The Kier molecular flexibility index (Phi) is 9.27. The summed E-state index contributed by atoms with van der Waals surface area (Å²) in [5.41, 5.74) is 2.16. The van der Waals surface area contributed by atoms with Gasteiger partial charge < -0.3 is 14.8 Å². The van der Waals surface area contributed by atoms with Crippen molar-refractivity contribution in [2.45, 2.75) is 6.10 Å². The zero-order chi connectivity index (χ0) is 23.3. The second-order valence-corrected chi connectivity index (χ2v) is 6.80. The first-order chi connectivity index (χ1) is 16.2. The van der Waals surface area contributed by atoms with Crippen LogP contribution in [0.4, 0.5) is 14.5 Å². The van der Waals surface area contributed by atoms with Gasteiger partial charge in [-0.05, 0) is 47.5 Å². The molecule has 7 nitrogen and oxygen atoms in total. The molecule has 0 spiro atoms. The minimum Gasteiger partial charge on any atom is -0.377 e. The molecule has 0 unspecified atom stereocenters. The third kappa shape index (κ3) is 7.96. The minimum atomic E-state index is -0.480. The van der Waals surface area contributed by atoms with Crippen LogP contribution in [0.2, 0.25) is 0 Å². The average molecular weight is 451 g/mol. The second-order valence-electron chi connectivity index (χ2n) is 6.80. The van der Waals surface area contributed by atoms with Crippen LogP contribution in [0.15, 0.2) is 78.0 Å². The van der Waals surface area contributed by atoms with Gasteiger partial charge in [-0.2, -0.15) is 5.26 Å². The molecule has 33 heavy (non-hydrogen) atoms. The number of aliphatic imine (C=N–C) groups is 1. The van der Waals surface area contributed by atoms with Crippen LogP contribution >= 0.6 is 0 Å². The van der Waals surface area contributed by atoms with Crippen LogP contribution in [0, 0.1) is 23.1 Å². The van der Waals surface area contributed by atoms with Gasteiger partial charge in [0.05, 0.1) is 25.5 Å². The zero-order valence-electron chi connectivity index (χ0n) is 17.7. The lowest BCUT2D eigenvalue weighted by Crippen LogP contribution is -2.36. The van der Waals surface area contributed by atoms with Crippen molar-refractivity contribution in [2.24, 2.45) is 4.99 Å². The first kappa shape index (κ1) is 23.8. The summed E-state index contributed by atoms with van der Waals surface area (Å²) in [4.78, 5) is 8.20. The molecule has 3 aromatic rings. The predicted octanol–water partition coefficient (Wildman–Crippen LogP) is 3.83. The van der Waals surface area contributed by atoms with Crippen molar-refractivity contribution in [1.82, 2.24) is 15.6 Å². The molecule has 0 saturated carbocycles. The molecule has 0 bridgehead atoms. The quantitative estimate of drug-likeness (QED) is 0.160. The summed E-state index contributed by atoms with van der Waals surface area (Å²) in [5.74, 6) is -0.383. The van der Waals surface area contributed by atoms with Crippen LogP contribution < -0.4 is 10.6 Å². The number of nitrogens with one attached hydrogen (secondary N) is 2. The molecule has 2 aromatic carbocycles. The van der Waals surface area contributed by atoms with Crippen molar-refractivity contribution in [3.8, 4) is 6.19 Å². The van der Waals surface area contributed by atoms with E-state index in [0.717, 1.165) is 11.1 Å². The molecule has 0 atom stereocenters. The Bertz CT molecular complexity index is 1010. The van der Waals surface area contributed by atoms with E-state index in [0.29, 0.717) is 31.4 Å². The largest absolute Gasteiger partial charge is 0.377 e. The number of aromatic nitrogens is 1. The Morgan fingerprint density at radius 1 is 0.909 bits per heavy atom. The molecule has 0 aliphatic heterocycles. The van der Waals surface area contributed by atoms with Crippen LogP contribution in [0.25, 0.3) is 0 Å². The Balaban J connectivity index is 1.46. The van der Waals surface area contributed by atoms with Crippen molar-refractivity contribution in [2.75, 3.05) is 26.4 Å². The number of hydrogen-bond acceptors (Lipinski definition) is 5. The van der Waals surface area contributed by atoms with Crippen LogP contribution in [-0.4, -0.2) is 37.3 Å². The summed E-state index contributed by atoms with van der Waals surface area (Å²) >= 11 is 0. The van der Waals surface area contributed by atoms with Crippen LogP contribution in [0.5, 0.6) is 0 Å². The lowest BCUT2D eigenvalue weighted by atomic mass is 10.0. The Hall–Kier alpha value is -3.87. The number of rotatable bonds is 10. The maximum absolute atomic E-state index is 13.3. The van der Waals surface area contributed by atoms with Gasteiger partial charge in [-0.25, -0.2) is 13.8 Å². The van der Waals surface area contributed by atoms with Crippen molar-refractivity contribution >= 4 is 11.6 Å². The molecule has 0 saturated heterocycles. The average Bonchev–Trinajstić information content (AvgIpc) is 2.83. The van der Waals surface area contributed by atoms with Gasteiger partial charge in [0.15, 0.2) is 6.19 Å². The number of pyridine rings is 1. The molecule has 1 heterocycles. The van der Waals surface area contributed by atoms with E-state index in [1.54, 1.807) is 48.8 Å². The van der Waals surface area contributed by atoms with Crippen LogP contribution in [0.1, 0.15) is 17.2 Å². The van der Waals surface area contributed by atoms with Crippen molar-refractivity contribution in [1.29, 1.82) is 5.26 Å². The summed E-state index contributed by atoms with van der Waals surface area (Å²) in [7, 11) is 0. The molecule has 0 aliphatic carbocycles. The normalized spacial score (nSPS) is 11.3. The highest BCUT2D eigenvalue weighted by molar-refractivity contribution is 5.83. The first-order valence-electron chi connectivity index (χ1n) is 10.2. The fourth-order valence-electron chi connectivity index (χ4n) is 2.94. The molecular formula is C24H23F2N5O2. The highest BCUT2D eigenvalue weighted by Gasteiger charge is 2.15. The van der Waals surface area contributed by atoms with E-state index in [9.17, 15) is 8.78 Å². The molecule has 2 N–H and O–H groups in total. The highest BCUT2D eigenvalue weighted by atomic mass is 19.1. The lowest BCUT2D eigenvalue weighted by molar-refractivity contribution is 0.0212. The highest BCUT2D eigenvalue weighted by Crippen LogP contribution is 2.26. The number of nitrogens with zero attached hydrogens (tertiary/aromatic N) is 3. The number of benzene rings is 2. The van der Waals surface area contributed by atoms with Gasteiger partial charge in [-0.3, -0.25) is 10.3 Å². The van der Waals surface area contributed by atoms with Crippen LogP contribution in [-0.2, 0) is 9.47 Å². The Labute approximate surface area is 190 Å². The monoisotopic (exact) mass is 451 g/mol. The molecule has 0 amide bonds. The summed E-state index contributed by atoms with van der Waals surface area (Å²) in [5, 5.41) is 14.3. The first-order valence-corrected chi connectivity index (χ1v) is 10.2. The SMILES string of the molecule is N#CN/C(=N/c1ccncc1)NCCOCCOC(c1ccc(F)cc1)c1ccc(F)cc1. The minimum absolute atomic E-state index is 0.272. The van der Waals surface area contributed by atoms with E-state index < -0.39 is 6.10 Å². The standard InChI is InChI=1S/C24H23F2N5O2/c25-20-5-1-18(2-6-20)23(19-3-7-21(26)8-4-19)33-16-15-32-14-13-29-24(30-17-27)31-22-9-11-28-12-10-22/h1-12,23H,13-16H2,(H2,28,29,30,31). The topological polar surface area (TPSA) is 91.6 Å². The van der Waals surface area contributed by atoms with E-state index in [-0.39, 0.29) is 18.2 Å². The molecule has 0 radical (unpaired) electrons. The number of ether oxygens (including phenoxy) is 2. The summed E-state index contributed by atoms with van der Waals surface area (Å²) in [6.07, 6.45) is 4.57. The molecule has 1 aromatic heterocycles. The molecule has 0 aliphatic rings. The second kappa shape index (κ2) is 12.9. The molecule has 9 heteroatoms. The van der Waals surface area contributed by atoms with Gasteiger partial charge in [0, 0.05) is 18.9 Å². The van der Waals surface area contributed by atoms with Crippen molar-refractivity contribution in [3.63, 3.8) is 0 Å². The summed E-state index contributed by atoms with van der Waals surface area (Å²) < 4.78 is 38.2. The number of nitriles is 1. The number of guanidine groups is 1. The van der Waals surface area contributed by atoms with Crippen molar-refractivity contribution in [3.05, 3.63) is 95.8 Å². The maximum Gasteiger partial charge on any atom is 0.210 e. The van der Waals surface area contributed by atoms with Crippen molar-refractivity contribution < 1.29 is 18.3 Å². The van der Waals surface area contributed by atoms with E-state index in [1.807, 2.05) is 6.19 Å². The van der Waals surface area contributed by atoms with E-state index in [1.165, 1.54) is 24.3 Å². The molecule has 3 rings (SSSR count). The molecule has 0 fully saturated rings. The van der Waals surface area contributed by atoms with Gasteiger partial charge in [-0.15, -0.1) is 0 Å². The summed E-state index contributed by atoms with van der Waals surface area (Å²) in [6.45, 7) is 1.35. The van der Waals surface area contributed by atoms with Crippen LogP contribution in [0.3, 0.4) is 0 Å². The molecular weight excluding hydrogens is 428 g/mol. The Morgan fingerprint density at radius 2 is 1.52 bits per heavy atom. The Morgan fingerprint density at radius 3 is 2.09 bits per heavy atom. The van der Waals surface area contributed by atoms with Gasteiger partial charge in [0.25, 0.3) is 0 Å². The van der Waals surface area contributed by atoms with E-state index >= 15 is 0 Å². The van der Waals surface area contributed by atoms with Gasteiger partial charge in [0.2, 0.25) is 5.96 Å². The fraction of sp³-hybridized carbons (Fsp3) is 0.208. The van der Waals surface area contributed by atoms with E-state index in [4.69, 9.17) is 14.7 Å². The van der Waals surface area contributed by atoms with Gasteiger partial charge in [0.1, 0.15) is 17.7 Å².